The van der Waals surface area contributed by atoms with Crippen molar-refractivity contribution in [1.29, 1.82) is 0 Å². The largest absolute Gasteiger partial charge is 0.310 e. The molecular weight excluding hydrogens is 841 g/mol. The van der Waals surface area contributed by atoms with Crippen molar-refractivity contribution in [2.75, 3.05) is 9.80 Å². The summed E-state index contributed by atoms with van der Waals surface area (Å²) in [7, 11) is -3.94. The van der Waals surface area contributed by atoms with Gasteiger partial charge in [-0.15, -0.1) is 0 Å². The first kappa shape index (κ1) is 41.4. The molecule has 0 bridgehead atoms. The Labute approximate surface area is 397 Å². The lowest BCUT2D eigenvalue weighted by Gasteiger charge is -2.34. The quantitative estimate of drug-likeness (QED) is 0.105. The maximum Gasteiger partial charge on any atom is 0.0785 e. The van der Waals surface area contributed by atoms with Gasteiger partial charge < -0.3 is 9.80 Å². The summed E-state index contributed by atoms with van der Waals surface area (Å²) in [6.45, 7) is 19.9. The van der Waals surface area contributed by atoms with Gasteiger partial charge in [-0.2, -0.15) is 0 Å². The Morgan fingerprint density at radius 2 is 0.836 bits per heavy atom. The van der Waals surface area contributed by atoms with Crippen LogP contribution in [0.15, 0.2) is 194 Å². The first-order chi connectivity index (χ1) is 32.3. The third-order valence-corrected chi connectivity index (χ3v) is 18.8. The number of hydrogen-bond acceptors (Lipinski definition) is 2. The smallest absolute Gasteiger partial charge is 0.0785 e. The van der Waals surface area contributed by atoms with Crippen LogP contribution in [0.25, 0.3) is 65.0 Å². The fourth-order valence-electron chi connectivity index (χ4n) is 11.6. The lowest BCUT2D eigenvalue weighted by Crippen LogP contribution is -2.39. The SMILES string of the molecule is CC1(C)c2cccc3ccc4cc(N(c5ccccc5)c5cc([Si](C)(C)C)c6ccc7c(N(c8ccccc8)c8ccccc8-c8ccccc8)cc([Si](C)(C)C)c8ccc5c6c78)cc1c4c23. The van der Waals surface area contributed by atoms with Crippen LogP contribution in [0.1, 0.15) is 25.0 Å². The average Bonchev–Trinajstić information content (AvgIpc) is 3.57. The number of hydrogen-bond donors (Lipinski definition) is 0. The van der Waals surface area contributed by atoms with Gasteiger partial charge in [-0.1, -0.05) is 203 Å². The van der Waals surface area contributed by atoms with Crippen LogP contribution in [0.4, 0.5) is 34.1 Å². The molecule has 1 aliphatic rings. The molecule has 12 rings (SSSR count). The lowest BCUT2D eigenvalue weighted by molar-refractivity contribution is 0.663. The zero-order chi connectivity index (χ0) is 46.0. The Morgan fingerprint density at radius 3 is 1.43 bits per heavy atom. The molecule has 0 amide bonds. The summed E-state index contributed by atoms with van der Waals surface area (Å²) in [5.74, 6) is 0. The summed E-state index contributed by atoms with van der Waals surface area (Å²) >= 11 is 0. The van der Waals surface area contributed by atoms with Crippen molar-refractivity contribution in [2.24, 2.45) is 0 Å². The molecule has 0 spiro atoms. The number of rotatable bonds is 9. The fraction of sp³-hybridized carbons (Fsp3) is 0.143. The van der Waals surface area contributed by atoms with Gasteiger partial charge in [0.05, 0.1) is 33.2 Å². The molecule has 0 heterocycles. The summed E-state index contributed by atoms with van der Waals surface area (Å²) in [6, 6.07) is 73.5. The van der Waals surface area contributed by atoms with E-state index in [1.807, 2.05) is 0 Å². The number of anilines is 6. The van der Waals surface area contributed by atoms with E-state index in [-0.39, 0.29) is 5.41 Å². The standard InChI is InChI=1S/C63H56N2Si2/c1-63(2)52-29-20-23-42-31-32-43-37-46(38-53(63)60(43)59(42)52)64(44-24-14-10-15-25-44)55-39-57(66(3,4)5)50-36-34-49-56(40-58(67(6,7)8)51-35-33-48(55)61(50)62(49)51)65(45-26-16-11-17-27-45)54-30-19-18-28-47(54)41-21-12-9-13-22-41/h9-40H,1-8H3. The highest BCUT2D eigenvalue weighted by Gasteiger charge is 2.36. The van der Waals surface area contributed by atoms with Crippen molar-refractivity contribution in [3.8, 4) is 11.1 Å². The molecule has 0 radical (unpaired) electrons. The Morgan fingerprint density at radius 1 is 0.343 bits per heavy atom. The van der Waals surface area contributed by atoms with Crippen LogP contribution in [-0.4, -0.2) is 16.1 Å². The molecule has 0 saturated carbocycles. The van der Waals surface area contributed by atoms with Gasteiger partial charge in [-0.05, 0) is 114 Å². The maximum absolute atomic E-state index is 2.58. The Kier molecular flexibility index (Phi) is 9.29. The van der Waals surface area contributed by atoms with Crippen molar-refractivity contribution >= 4 is 115 Å². The highest BCUT2D eigenvalue weighted by Crippen LogP contribution is 2.53. The molecular formula is C63H56N2Si2. The van der Waals surface area contributed by atoms with E-state index in [2.05, 4.69) is 257 Å². The van der Waals surface area contributed by atoms with E-state index >= 15 is 0 Å². The molecule has 0 fully saturated rings. The first-order valence-corrected chi connectivity index (χ1v) is 30.9. The van der Waals surface area contributed by atoms with E-state index < -0.39 is 16.1 Å². The van der Waals surface area contributed by atoms with E-state index in [9.17, 15) is 0 Å². The summed E-state index contributed by atoms with van der Waals surface area (Å²) < 4.78 is 0. The van der Waals surface area contributed by atoms with Gasteiger partial charge >= 0.3 is 0 Å². The molecule has 0 aliphatic heterocycles. The molecule has 0 unspecified atom stereocenters. The van der Waals surface area contributed by atoms with Crippen molar-refractivity contribution in [1.82, 2.24) is 0 Å². The van der Waals surface area contributed by atoms with E-state index in [0.717, 1.165) is 11.4 Å². The molecule has 0 aromatic heterocycles. The van der Waals surface area contributed by atoms with Crippen molar-refractivity contribution in [3.05, 3.63) is 205 Å². The molecule has 1 aliphatic carbocycles. The highest BCUT2D eigenvalue weighted by molar-refractivity contribution is 6.91. The van der Waals surface area contributed by atoms with Gasteiger partial charge in [0.2, 0.25) is 0 Å². The molecule has 11 aromatic rings. The van der Waals surface area contributed by atoms with Crippen LogP contribution < -0.4 is 20.2 Å². The fourth-order valence-corrected chi connectivity index (χ4v) is 14.8. The maximum atomic E-state index is 2.58. The van der Waals surface area contributed by atoms with Crippen molar-refractivity contribution in [2.45, 2.75) is 58.5 Å². The second-order valence-electron chi connectivity index (χ2n) is 21.4. The number of nitrogens with zero attached hydrogens (tertiary/aromatic N) is 2. The Bertz CT molecular complexity index is 3730. The van der Waals surface area contributed by atoms with E-state index in [4.69, 9.17) is 0 Å². The van der Waals surface area contributed by atoms with Crippen LogP contribution in [0.2, 0.25) is 39.3 Å². The van der Waals surface area contributed by atoms with E-state index in [0.29, 0.717) is 0 Å². The number of para-hydroxylation sites is 3. The summed E-state index contributed by atoms with van der Waals surface area (Å²) in [6.07, 6.45) is 0. The average molecular weight is 897 g/mol. The van der Waals surface area contributed by atoms with Gasteiger partial charge in [0, 0.05) is 38.8 Å². The second kappa shape index (κ2) is 15.0. The minimum Gasteiger partial charge on any atom is -0.310 e. The zero-order valence-corrected chi connectivity index (χ0v) is 41.9. The summed E-state index contributed by atoms with van der Waals surface area (Å²) in [5, 5.41) is 16.4. The highest BCUT2D eigenvalue weighted by atomic mass is 28.3. The molecule has 4 heteroatoms. The van der Waals surface area contributed by atoms with Crippen LogP contribution >= 0.6 is 0 Å². The van der Waals surface area contributed by atoms with Crippen LogP contribution in [0, 0.1) is 0 Å². The summed E-state index contributed by atoms with van der Waals surface area (Å²) in [4.78, 5) is 5.13. The van der Waals surface area contributed by atoms with Crippen LogP contribution in [0.5, 0.6) is 0 Å². The van der Waals surface area contributed by atoms with Crippen molar-refractivity contribution in [3.63, 3.8) is 0 Å². The number of benzene rings is 11. The summed E-state index contributed by atoms with van der Waals surface area (Å²) in [5.41, 5.74) is 12.2. The predicted molar refractivity (Wildman–Crippen MR) is 298 cm³/mol. The molecule has 326 valence electrons. The van der Waals surface area contributed by atoms with Gasteiger partial charge in [0.25, 0.3) is 0 Å². The molecule has 2 nitrogen and oxygen atoms in total. The zero-order valence-electron chi connectivity index (χ0n) is 39.9. The Balaban J connectivity index is 1.20. The minimum absolute atomic E-state index is 0.140. The Hall–Kier alpha value is -6.99. The van der Waals surface area contributed by atoms with Gasteiger partial charge in [-0.3, -0.25) is 0 Å². The normalized spacial score (nSPS) is 13.5. The monoisotopic (exact) mass is 896 g/mol. The van der Waals surface area contributed by atoms with Crippen molar-refractivity contribution < 1.29 is 0 Å². The molecule has 0 N–H and O–H groups in total. The lowest BCUT2D eigenvalue weighted by atomic mass is 9.81. The molecule has 0 saturated heterocycles. The predicted octanol–water partition coefficient (Wildman–Crippen LogP) is 17.2. The first-order valence-electron chi connectivity index (χ1n) is 23.9. The van der Waals surface area contributed by atoms with Crippen LogP contribution in [-0.2, 0) is 5.41 Å². The third-order valence-electron chi connectivity index (χ3n) is 14.8. The van der Waals surface area contributed by atoms with E-state index in [1.54, 1.807) is 0 Å². The molecule has 0 atom stereocenters. The second-order valence-corrected chi connectivity index (χ2v) is 31.4. The molecule has 11 aromatic carbocycles. The minimum atomic E-state index is -1.97. The van der Waals surface area contributed by atoms with Gasteiger partial charge in [-0.25, -0.2) is 0 Å². The van der Waals surface area contributed by atoms with Gasteiger partial charge in [0.15, 0.2) is 0 Å². The van der Waals surface area contributed by atoms with Crippen LogP contribution in [0.3, 0.4) is 0 Å². The molecule has 67 heavy (non-hydrogen) atoms. The van der Waals surface area contributed by atoms with Gasteiger partial charge in [0.1, 0.15) is 0 Å². The van der Waals surface area contributed by atoms with E-state index in [1.165, 1.54) is 109 Å². The third kappa shape index (κ3) is 6.41. The topological polar surface area (TPSA) is 6.48 Å².